The molecule has 6 heteroatoms. The van der Waals surface area contributed by atoms with Crippen LogP contribution in [0.3, 0.4) is 0 Å². The van der Waals surface area contributed by atoms with Gasteiger partial charge in [-0.15, -0.1) is 0 Å². The van der Waals surface area contributed by atoms with Crippen LogP contribution in [0.1, 0.15) is 13.8 Å². The van der Waals surface area contributed by atoms with Crippen LogP contribution in [-0.4, -0.2) is 49.3 Å². The molecule has 0 radical (unpaired) electrons. The van der Waals surface area contributed by atoms with Gasteiger partial charge in [0.15, 0.2) is 0 Å². The lowest BCUT2D eigenvalue weighted by atomic mass is 9.84. The second-order valence-electron chi connectivity index (χ2n) is 5.87. The van der Waals surface area contributed by atoms with E-state index in [0.29, 0.717) is 17.5 Å². The molecule has 116 valence electrons. The molecule has 1 fully saturated rings. The summed E-state index contributed by atoms with van der Waals surface area (Å²) in [5.74, 6) is 0.649. The van der Waals surface area contributed by atoms with E-state index >= 15 is 0 Å². The fourth-order valence-electron chi connectivity index (χ4n) is 3.46. The van der Waals surface area contributed by atoms with Gasteiger partial charge in [0.25, 0.3) is 0 Å². The number of hydrogen-bond acceptors (Lipinski definition) is 5. The van der Waals surface area contributed by atoms with E-state index in [-0.39, 0.29) is 12.1 Å². The molecule has 21 heavy (non-hydrogen) atoms. The van der Waals surface area contributed by atoms with Crippen LogP contribution in [0.5, 0.6) is 0 Å². The Bertz CT molecular complexity index is 496. The standard InChI is InChI=1S/C15H24N4O2/c1-10-8-19(13-5-6-17-7-12(13)16)9-11(2)14(10)18(3)15(20)21-4/h5-7,10-11,14H,8-9,16H2,1-4H3/t10-,11+,14?. The van der Waals surface area contributed by atoms with Crippen molar-refractivity contribution in [2.75, 3.05) is 37.9 Å². The molecule has 1 amide bonds. The molecule has 1 saturated heterocycles. The molecular weight excluding hydrogens is 268 g/mol. The van der Waals surface area contributed by atoms with Gasteiger partial charge in [0.2, 0.25) is 0 Å². The summed E-state index contributed by atoms with van der Waals surface area (Å²) >= 11 is 0. The van der Waals surface area contributed by atoms with Crippen LogP contribution >= 0.6 is 0 Å². The summed E-state index contributed by atoms with van der Waals surface area (Å²) < 4.78 is 4.84. The smallest absolute Gasteiger partial charge is 0.409 e. The maximum absolute atomic E-state index is 11.8. The first-order valence-electron chi connectivity index (χ1n) is 7.21. The van der Waals surface area contributed by atoms with Crippen LogP contribution < -0.4 is 10.6 Å². The molecule has 0 saturated carbocycles. The lowest BCUT2D eigenvalue weighted by Crippen LogP contribution is -2.55. The summed E-state index contributed by atoms with van der Waals surface area (Å²) in [5.41, 5.74) is 7.73. The number of methoxy groups -OCH3 is 1. The third-order valence-corrected chi connectivity index (χ3v) is 4.26. The van der Waals surface area contributed by atoms with E-state index in [0.717, 1.165) is 18.8 Å². The van der Waals surface area contributed by atoms with Crippen molar-refractivity contribution in [3.05, 3.63) is 18.5 Å². The number of amides is 1. The highest BCUT2D eigenvalue weighted by Gasteiger charge is 2.37. The van der Waals surface area contributed by atoms with Crippen molar-refractivity contribution in [3.63, 3.8) is 0 Å². The number of anilines is 2. The van der Waals surface area contributed by atoms with Crippen LogP contribution in [0.15, 0.2) is 18.5 Å². The molecule has 1 aliphatic heterocycles. The summed E-state index contributed by atoms with van der Waals surface area (Å²) in [5, 5.41) is 0. The summed E-state index contributed by atoms with van der Waals surface area (Å²) in [6.07, 6.45) is 3.15. The van der Waals surface area contributed by atoms with Gasteiger partial charge < -0.3 is 20.3 Å². The number of carbonyl (C=O) groups is 1. The summed E-state index contributed by atoms with van der Waals surface area (Å²) in [4.78, 5) is 19.8. The monoisotopic (exact) mass is 292 g/mol. The van der Waals surface area contributed by atoms with E-state index in [9.17, 15) is 4.79 Å². The molecule has 0 aliphatic carbocycles. The lowest BCUT2D eigenvalue weighted by Gasteiger charge is -2.45. The minimum Gasteiger partial charge on any atom is -0.453 e. The molecule has 1 unspecified atom stereocenters. The van der Waals surface area contributed by atoms with Gasteiger partial charge in [-0.2, -0.15) is 0 Å². The highest BCUT2D eigenvalue weighted by molar-refractivity contribution is 5.68. The number of nitrogens with zero attached hydrogens (tertiary/aromatic N) is 3. The largest absolute Gasteiger partial charge is 0.453 e. The van der Waals surface area contributed by atoms with E-state index in [1.54, 1.807) is 24.3 Å². The molecule has 1 aliphatic rings. The van der Waals surface area contributed by atoms with Gasteiger partial charge in [-0.25, -0.2) is 4.79 Å². The molecule has 2 heterocycles. The molecule has 0 bridgehead atoms. The zero-order valence-electron chi connectivity index (χ0n) is 13.1. The van der Waals surface area contributed by atoms with Crippen LogP contribution in [0.25, 0.3) is 0 Å². The molecular formula is C15H24N4O2. The first kappa shape index (κ1) is 15.4. The number of pyridine rings is 1. The predicted molar refractivity (Wildman–Crippen MR) is 83.1 cm³/mol. The van der Waals surface area contributed by atoms with Gasteiger partial charge in [0, 0.05) is 32.4 Å². The Hall–Kier alpha value is -1.98. The van der Waals surface area contributed by atoms with Crippen molar-refractivity contribution < 1.29 is 9.53 Å². The van der Waals surface area contributed by atoms with E-state index in [4.69, 9.17) is 10.5 Å². The van der Waals surface area contributed by atoms with E-state index < -0.39 is 0 Å². The maximum Gasteiger partial charge on any atom is 0.409 e. The Labute approximate surface area is 125 Å². The first-order chi connectivity index (χ1) is 9.95. The Morgan fingerprint density at radius 2 is 2.05 bits per heavy atom. The summed E-state index contributed by atoms with van der Waals surface area (Å²) in [7, 11) is 3.22. The van der Waals surface area contributed by atoms with Gasteiger partial charge >= 0.3 is 6.09 Å². The highest BCUT2D eigenvalue weighted by Crippen LogP contribution is 2.32. The average Bonchev–Trinajstić information content (AvgIpc) is 2.45. The molecule has 0 spiro atoms. The van der Waals surface area contributed by atoms with E-state index in [2.05, 4.69) is 23.7 Å². The molecule has 1 aromatic heterocycles. The van der Waals surface area contributed by atoms with Crippen molar-refractivity contribution in [1.29, 1.82) is 0 Å². The third-order valence-electron chi connectivity index (χ3n) is 4.26. The van der Waals surface area contributed by atoms with Crippen molar-refractivity contribution in [3.8, 4) is 0 Å². The van der Waals surface area contributed by atoms with Crippen molar-refractivity contribution in [2.24, 2.45) is 11.8 Å². The average molecular weight is 292 g/mol. The van der Waals surface area contributed by atoms with Gasteiger partial charge in [0.1, 0.15) is 0 Å². The normalized spacial score (nSPS) is 25.5. The number of piperidine rings is 1. The van der Waals surface area contributed by atoms with Crippen molar-refractivity contribution >= 4 is 17.5 Å². The zero-order chi connectivity index (χ0) is 15.6. The van der Waals surface area contributed by atoms with Gasteiger partial charge in [0.05, 0.1) is 24.7 Å². The van der Waals surface area contributed by atoms with Crippen molar-refractivity contribution in [2.45, 2.75) is 19.9 Å². The number of ether oxygens (including phenoxy) is 1. The van der Waals surface area contributed by atoms with Crippen LogP contribution in [0.4, 0.5) is 16.2 Å². The Morgan fingerprint density at radius 3 is 2.57 bits per heavy atom. The minimum atomic E-state index is -0.282. The number of aromatic nitrogens is 1. The summed E-state index contributed by atoms with van der Waals surface area (Å²) in [6, 6.07) is 2.11. The second-order valence-corrected chi connectivity index (χ2v) is 5.87. The Kier molecular flexibility index (Phi) is 4.55. The van der Waals surface area contributed by atoms with Gasteiger partial charge in [-0.3, -0.25) is 4.98 Å². The fourth-order valence-corrected chi connectivity index (χ4v) is 3.46. The van der Waals surface area contributed by atoms with E-state index in [1.807, 2.05) is 6.07 Å². The number of nitrogens with two attached hydrogens (primary N) is 1. The molecule has 0 aromatic carbocycles. The number of nitrogen functional groups attached to an aromatic ring is 1. The Morgan fingerprint density at radius 1 is 1.43 bits per heavy atom. The van der Waals surface area contributed by atoms with Crippen LogP contribution in [0.2, 0.25) is 0 Å². The van der Waals surface area contributed by atoms with Crippen LogP contribution in [0, 0.1) is 11.8 Å². The predicted octanol–water partition coefficient (Wildman–Crippen LogP) is 1.82. The number of hydrogen-bond donors (Lipinski definition) is 1. The molecule has 1 aromatic rings. The molecule has 6 nitrogen and oxygen atoms in total. The van der Waals surface area contributed by atoms with Gasteiger partial charge in [-0.05, 0) is 17.9 Å². The van der Waals surface area contributed by atoms with Crippen LogP contribution in [-0.2, 0) is 4.74 Å². The fraction of sp³-hybridized carbons (Fsp3) is 0.600. The summed E-state index contributed by atoms with van der Waals surface area (Å²) in [6.45, 7) is 6.02. The second kappa shape index (κ2) is 6.20. The number of carbonyl (C=O) groups excluding carboxylic acids is 1. The SMILES string of the molecule is COC(=O)N(C)C1[C@H](C)CN(c2ccncc2N)C[C@@H]1C. The quantitative estimate of drug-likeness (QED) is 0.900. The van der Waals surface area contributed by atoms with Gasteiger partial charge in [-0.1, -0.05) is 13.8 Å². The van der Waals surface area contributed by atoms with Crippen molar-refractivity contribution in [1.82, 2.24) is 9.88 Å². The third kappa shape index (κ3) is 3.04. The zero-order valence-corrected chi connectivity index (χ0v) is 13.1. The highest BCUT2D eigenvalue weighted by atomic mass is 16.5. The molecule has 2 rings (SSSR count). The topological polar surface area (TPSA) is 71.7 Å². The minimum absolute atomic E-state index is 0.164. The maximum atomic E-state index is 11.8. The number of rotatable bonds is 2. The lowest BCUT2D eigenvalue weighted by molar-refractivity contribution is 0.0791. The molecule has 2 N–H and O–H groups in total. The molecule has 3 atom stereocenters. The Balaban J connectivity index is 2.16. The van der Waals surface area contributed by atoms with E-state index in [1.165, 1.54) is 7.11 Å². The first-order valence-corrected chi connectivity index (χ1v) is 7.21.